The van der Waals surface area contributed by atoms with Gasteiger partial charge in [-0.1, -0.05) is 11.8 Å². The molecule has 96 valence electrons. The molecule has 0 unspecified atom stereocenters. The Morgan fingerprint density at radius 1 is 1.26 bits per heavy atom. The van der Waals surface area contributed by atoms with E-state index in [0.717, 1.165) is 0 Å². The van der Waals surface area contributed by atoms with Crippen LogP contribution in [-0.4, -0.2) is 21.7 Å². The Hall–Kier alpha value is -2.45. The normalized spacial score (nSPS) is 9.58. The summed E-state index contributed by atoms with van der Waals surface area (Å²) in [6.07, 6.45) is 3.22. The van der Waals surface area contributed by atoms with Crippen molar-refractivity contribution < 1.29 is 14.2 Å². The van der Waals surface area contributed by atoms with Crippen molar-refractivity contribution in [2.24, 2.45) is 0 Å². The summed E-state index contributed by atoms with van der Waals surface area (Å²) in [5, 5.41) is 8.55. The van der Waals surface area contributed by atoms with Crippen LogP contribution in [0, 0.1) is 17.7 Å². The molecule has 0 aliphatic rings. The van der Waals surface area contributed by atoms with Crippen LogP contribution in [0.1, 0.15) is 11.4 Å². The van der Waals surface area contributed by atoms with Crippen molar-refractivity contribution in [3.63, 3.8) is 0 Å². The Balaban J connectivity index is 2.04. The first-order valence-corrected chi connectivity index (χ1v) is 5.57. The number of hydrogen-bond acceptors (Lipinski definition) is 4. The van der Waals surface area contributed by atoms with Crippen LogP contribution in [-0.2, 0) is 6.61 Å². The van der Waals surface area contributed by atoms with Gasteiger partial charge in [0.1, 0.15) is 24.8 Å². The van der Waals surface area contributed by atoms with E-state index in [0.29, 0.717) is 11.6 Å². The first kappa shape index (κ1) is 13.0. The molecule has 5 heteroatoms. The number of benzene rings is 1. The van der Waals surface area contributed by atoms with Gasteiger partial charge in [-0.3, -0.25) is 0 Å². The van der Waals surface area contributed by atoms with Gasteiger partial charge in [-0.15, -0.1) is 0 Å². The van der Waals surface area contributed by atoms with Gasteiger partial charge in [0.15, 0.2) is 5.82 Å². The predicted molar refractivity (Wildman–Crippen MR) is 66.7 cm³/mol. The Labute approximate surface area is 109 Å². The van der Waals surface area contributed by atoms with Crippen LogP contribution < -0.4 is 4.74 Å². The van der Waals surface area contributed by atoms with Gasteiger partial charge < -0.3 is 9.84 Å². The lowest BCUT2D eigenvalue weighted by atomic mass is 10.2. The average Bonchev–Trinajstić information content (AvgIpc) is 2.45. The lowest BCUT2D eigenvalue weighted by Crippen LogP contribution is -2.00. The smallest absolute Gasteiger partial charge is 0.166 e. The maximum Gasteiger partial charge on any atom is 0.166 e. The highest BCUT2D eigenvalue weighted by molar-refractivity contribution is 5.39. The van der Waals surface area contributed by atoms with Gasteiger partial charge in [0.25, 0.3) is 0 Å². The molecule has 0 amide bonds. The summed E-state index contributed by atoms with van der Waals surface area (Å²) in [6.45, 7) is -0.134. The maximum absolute atomic E-state index is 13.6. The SMILES string of the molecule is OCC#Cc1ccc(OCc2ncccn2)cc1F. The van der Waals surface area contributed by atoms with Gasteiger partial charge in [0, 0.05) is 18.5 Å². The summed E-state index contributed by atoms with van der Waals surface area (Å²) in [5.74, 6) is 5.30. The van der Waals surface area contributed by atoms with E-state index in [4.69, 9.17) is 9.84 Å². The molecule has 0 saturated heterocycles. The molecule has 0 atom stereocenters. The number of aromatic nitrogens is 2. The maximum atomic E-state index is 13.6. The molecule has 0 aliphatic carbocycles. The van der Waals surface area contributed by atoms with Gasteiger partial charge in [-0.05, 0) is 18.2 Å². The molecule has 1 aromatic carbocycles. The highest BCUT2D eigenvalue weighted by Gasteiger charge is 2.03. The monoisotopic (exact) mass is 258 g/mol. The van der Waals surface area contributed by atoms with E-state index in [9.17, 15) is 4.39 Å². The molecule has 0 bridgehead atoms. The van der Waals surface area contributed by atoms with Crippen molar-refractivity contribution in [2.75, 3.05) is 6.61 Å². The number of halogens is 1. The molecule has 2 aromatic rings. The average molecular weight is 258 g/mol. The van der Waals surface area contributed by atoms with E-state index < -0.39 is 5.82 Å². The van der Waals surface area contributed by atoms with Gasteiger partial charge >= 0.3 is 0 Å². The van der Waals surface area contributed by atoms with E-state index in [2.05, 4.69) is 21.8 Å². The second-order valence-corrected chi connectivity index (χ2v) is 3.56. The number of hydrogen-bond donors (Lipinski definition) is 1. The molecule has 0 radical (unpaired) electrons. The van der Waals surface area contributed by atoms with E-state index >= 15 is 0 Å². The molecule has 0 aliphatic heterocycles. The Bertz CT molecular complexity index is 606. The molecule has 2 rings (SSSR count). The molecular weight excluding hydrogens is 247 g/mol. The van der Waals surface area contributed by atoms with Crippen LogP contribution in [0.2, 0.25) is 0 Å². The largest absolute Gasteiger partial charge is 0.486 e. The first-order chi connectivity index (χ1) is 9.29. The highest BCUT2D eigenvalue weighted by atomic mass is 19.1. The predicted octanol–water partition coefficient (Wildman–Crippen LogP) is 1.54. The van der Waals surface area contributed by atoms with E-state index in [1.807, 2.05) is 0 Å². The topological polar surface area (TPSA) is 55.2 Å². The van der Waals surface area contributed by atoms with Crippen molar-refractivity contribution in [3.05, 3.63) is 53.9 Å². The standard InChI is InChI=1S/C14H11FN2O2/c15-13-9-12(5-4-11(13)3-1-8-18)19-10-14-16-6-2-7-17-14/h2,4-7,9,18H,8,10H2. The van der Waals surface area contributed by atoms with Crippen molar-refractivity contribution >= 4 is 0 Å². The summed E-state index contributed by atoms with van der Waals surface area (Å²) in [7, 11) is 0. The lowest BCUT2D eigenvalue weighted by molar-refractivity contribution is 0.294. The Morgan fingerprint density at radius 3 is 2.74 bits per heavy atom. The molecule has 0 spiro atoms. The summed E-state index contributed by atoms with van der Waals surface area (Å²) >= 11 is 0. The summed E-state index contributed by atoms with van der Waals surface area (Å²) in [4.78, 5) is 7.99. The third-order valence-corrected chi connectivity index (χ3v) is 2.23. The fraction of sp³-hybridized carbons (Fsp3) is 0.143. The number of aliphatic hydroxyl groups is 1. The molecule has 1 heterocycles. The molecule has 1 aromatic heterocycles. The van der Waals surface area contributed by atoms with Crippen LogP contribution in [0.3, 0.4) is 0 Å². The molecule has 0 saturated carbocycles. The fourth-order valence-electron chi connectivity index (χ4n) is 1.37. The molecule has 1 N–H and O–H groups in total. The third kappa shape index (κ3) is 3.76. The minimum absolute atomic E-state index is 0.169. The number of nitrogens with zero attached hydrogens (tertiary/aromatic N) is 2. The molecule has 0 fully saturated rings. The van der Waals surface area contributed by atoms with Gasteiger partial charge in [-0.25, -0.2) is 14.4 Å². The van der Waals surface area contributed by atoms with E-state index in [1.54, 1.807) is 24.5 Å². The van der Waals surface area contributed by atoms with Crippen molar-refractivity contribution in [1.82, 2.24) is 9.97 Å². The quantitative estimate of drug-likeness (QED) is 0.848. The van der Waals surface area contributed by atoms with Crippen LogP contribution in [0.25, 0.3) is 0 Å². The van der Waals surface area contributed by atoms with Crippen LogP contribution in [0.4, 0.5) is 4.39 Å². The van der Waals surface area contributed by atoms with Crippen molar-refractivity contribution in [2.45, 2.75) is 6.61 Å². The van der Waals surface area contributed by atoms with Crippen LogP contribution in [0.15, 0.2) is 36.7 Å². The van der Waals surface area contributed by atoms with E-state index in [-0.39, 0.29) is 18.8 Å². The van der Waals surface area contributed by atoms with Crippen molar-refractivity contribution in [3.8, 4) is 17.6 Å². The van der Waals surface area contributed by atoms with Gasteiger partial charge in [0.05, 0.1) is 5.56 Å². The number of aliphatic hydroxyl groups excluding tert-OH is 1. The summed E-state index contributed by atoms with van der Waals surface area (Å²) < 4.78 is 19.0. The van der Waals surface area contributed by atoms with Crippen LogP contribution >= 0.6 is 0 Å². The molecule has 4 nitrogen and oxygen atoms in total. The molecule has 19 heavy (non-hydrogen) atoms. The zero-order valence-electron chi connectivity index (χ0n) is 10.0. The zero-order valence-corrected chi connectivity index (χ0v) is 10.0. The van der Waals surface area contributed by atoms with Gasteiger partial charge in [-0.2, -0.15) is 0 Å². The minimum atomic E-state index is -0.493. The molecular formula is C14H11FN2O2. The Kier molecular flexibility index (Phi) is 4.43. The highest BCUT2D eigenvalue weighted by Crippen LogP contribution is 2.16. The lowest BCUT2D eigenvalue weighted by Gasteiger charge is -2.05. The number of rotatable bonds is 3. The van der Waals surface area contributed by atoms with E-state index in [1.165, 1.54) is 12.1 Å². The minimum Gasteiger partial charge on any atom is -0.486 e. The number of ether oxygens (including phenoxy) is 1. The zero-order chi connectivity index (χ0) is 13.5. The van der Waals surface area contributed by atoms with Crippen LogP contribution in [0.5, 0.6) is 5.75 Å². The summed E-state index contributed by atoms with van der Waals surface area (Å²) in [6, 6.07) is 6.05. The fourth-order valence-corrected chi connectivity index (χ4v) is 1.37. The summed E-state index contributed by atoms with van der Waals surface area (Å²) in [5.41, 5.74) is 0.220. The van der Waals surface area contributed by atoms with Crippen molar-refractivity contribution in [1.29, 1.82) is 0 Å². The second kappa shape index (κ2) is 6.47. The third-order valence-electron chi connectivity index (χ3n) is 2.23. The Morgan fingerprint density at radius 2 is 2.05 bits per heavy atom. The second-order valence-electron chi connectivity index (χ2n) is 3.56. The van der Waals surface area contributed by atoms with Gasteiger partial charge in [0.2, 0.25) is 0 Å². The first-order valence-electron chi connectivity index (χ1n) is 5.57.